The van der Waals surface area contributed by atoms with Crippen LogP contribution in [0.2, 0.25) is 0 Å². The standard InChI is InChI=1S/C26H20N2O2.C25H34N3O.C22H28N2O2.C17H11N.2C16H12N2O.2Ir.2Pt/c29-25(19-9-3-1-4-10-19)17-21-13-7-15-23(27-21)24-16-8-14-22(28-24)18-26(30)20-11-5-2-6-12-20;1-8-17-14(5)16(7)26-21(17)12-23-19(10-3)20(11-4)24(27-23)13-22-18(9-2)15(6)25(29)28-22;1-21(2,3)19(25)13-15-9-7-11-17(23-15)18-12-8-10-16(24-18)14-20(26)22(4,5)6;1-3-8-14(9-4-1)16-12-7-13-17(18-16)15-10-5-2-6-11-15;2*19-16-10-2-1-6-12(16)13-8-5-9-15(18-13)14-7-3-4-11-17-14;;;;/h1-18,29-30H;12,22H,8-11,13H2,1-7H3,(H-,26,27,28,29);7-14,25-26H,1-6H3;1-8,10,12-13H;2*1-11,19H;;;;/q;-1;;-2;;;;;;/p-1. The molecule has 1 atom stereocenters. The topological polar surface area (TPSA) is 295 Å². The van der Waals surface area contributed by atoms with Crippen LogP contribution in [0, 0.1) is 23.0 Å². The van der Waals surface area contributed by atoms with Crippen molar-refractivity contribution in [2.75, 3.05) is 0 Å². The van der Waals surface area contributed by atoms with Gasteiger partial charge in [-0.25, -0.2) is 29.9 Å². The minimum atomic E-state index is -0.328. The summed E-state index contributed by atoms with van der Waals surface area (Å²) >= 11 is 0. The van der Waals surface area contributed by atoms with Crippen LogP contribution in [0.4, 0.5) is 0 Å². The monoisotopic (exact) mass is 2640 g/mol. The molecule has 0 aliphatic carbocycles. The molecule has 23 heteroatoms. The molecule has 0 bridgehead atoms. The number of rotatable bonds is 21. The molecule has 1 unspecified atom stereocenters. The van der Waals surface area contributed by atoms with E-state index in [0.717, 1.165) is 133 Å². The van der Waals surface area contributed by atoms with Crippen LogP contribution in [0.3, 0.4) is 0 Å². The number of phenolic OH excluding ortho intramolecular Hbond substituents is 2. The fraction of sp³-hybridized carbons (Fsp3) is 0.172. The Kier molecular flexibility index (Phi) is 43.8. The van der Waals surface area contributed by atoms with Crippen molar-refractivity contribution in [1.82, 2.24) is 49.8 Å². The minimum Gasteiger partial charge on any atom is -0.661 e. The molecule has 1 amide bonds. The molecule has 0 fully saturated rings. The summed E-state index contributed by atoms with van der Waals surface area (Å²) in [6.07, 6.45) is 16.7. The number of aliphatic imine (C=N–C) groups is 1. The normalized spacial score (nSPS) is 13.1. The molecule has 145 heavy (non-hydrogen) atoms. The maximum atomic E-state index is 12.1. The molecule has 0 spiro atoms. The molecule has 748 valence electrons. The Balaban J connectivity index is 0.000000195. The number of phenols is 2. The zero-order valence-corrected chi connectivity index (χ0v) is 92.3. The number of hydrogen-bond acceptors (Lipinski definition) is 17. The predicted molar refractivity (Wildman–Crippen MR) is 572 cm³/mol. The average Bonchev–Trinajstić information content (AvgIpc) is 1.63. The molecule has 6 aromatic carbocycles. The molecule has 6 N–H and O–H groups in total. The third kappa shape index (κ3) is 31.9. The maximum Gasteiger partial charge on any atom is 0.124 e. The van der Waals surface area contributed by atoms with Crippen molar-refractivity contribution in [3.63, 3.8) is 0 Å². The molecule has 19 nitrogen and oxygen atoms in total. The van der Waals surface area contributed by atoms with Crippen LogP contribution in [0.15, 0.2) is 378 Å². The molecule has 2 aliphatic heterocycles. The molecule has 0 saturated carbocycles. The number of para-hydroxylation sites is 2. The number of aliphatic hydroxyl groups is 4. The predicted octanol–water partition coefficient (Wildman–Crippen LogP) is 29.2. The van der Waals surface area contributed by atoms with Crippen LogP contribution in [0.5, 0.6) is 11.5 Å². The zero-order valence-electron chi connectivity index (χ0n) is 83.0. The number of benzene rings is 6. The summed E-state index contributed by atoms with van der Waals surface area (Å²) in [4.78, 5) is 62.7. The van der Waals surface area contributed by atoms with Gasteiger partial charge in [-0.2, -0.15) is 5.69 Å². The maximum absolute atomic E-state index is 12.1. The second-order valence-corrected chi connectivity index (χ2v) is 35.3. The fourth-order valence-corrected chi connectivity index (χ4v) is 15.5. The summed E-state index contributed by atoms with van der Waals surface area (Å²) in [5.74, 6) is 1.26. The van der Waals surface area contributed by atoms with Crippen molar-refractivity contribution in [2.24, 2.45) is 15.8 Å². The Morgan fingerprint density at radius 3 is 1.09 bits per heavy atom. The first kappa shape index (κ1) is 114. The van der Waals surface area contributed by atoms with Gasteiger partial charge in [-0.3, -0.25) is 15.0 Å². The van der Waals surface area contributed by atoms with Gasteiger partial charge in [0.25, 0.3) is 0 Å². The van der Waals surface area contributed by atoms with E-state index in [1.54, 1.807) is 61.0 Å². The van der Waals surface area contributed by atoms with E-state index in [1.165, 1.54) is 27.8 Å². The second kappa shape index (κ2) is 55.6. The summed E-state index contributed by atoms with van der Waals surface area (Å²) in [6, 6.07) is 106. The first-order valence-corrected chi connectivity index (χ1v) is 47.1. The largest absolute Gasteiger partial charge is 0.661 e. The van der Waals surface area contributed by atoms with E-state index in [1.807, 2.05) is 346 Å². The minimum absolute atomic E-state index is 0. The Morgan fingerprint density at radius 2 is 0.724 bits per heavy atom. The van der Waals surface area contributed by atoms with Gasteiger partial charge in [0.1, 0.15) is 23.0 Å². The average molecular weight is 2640 g/mol. The number of aromatic hydroxyl groups is 2. The summed E-state index contributed by atoms with van der Waals surface area (Å²) in [6.45, 7) is 26.5. The van der Waals surface area contributed by atoms with Crippen LogP contribution >= 0.6 is 0 Å². The van der Waals surface area contributed by atoms with E-state index < -0.39 is 0 Å². The van der Waals surface area contributed by atoms with E-state index in [0.29, 0.717) is 52.0 Å². The van der Waals surface area contributed by atoms with Crippen molar-refractivity contribution < 1.29 is 118 Å². The van der Waals surface area contributed by atoms with E-state index in [9.17, 15) is 35.4 Å². The van der Waals surface area contributed by atoms with Crippen LogP contribution in [-0.2, 0) is 106 Å². The van der Waals surface area contributed by atoms with Crippen LogP contribution in [-0.4, -0.2) is 93.2 Å². The fourth-order valence-electron chi connectivity index (χ4n) is 15.5. The van der Waals surface area contributed by atoms with Gasteiger partial charge in [-0.1, -0.05) is 256 Å². The second-order valence-electron chi connectivity index (χ2n) is 35.3. The number of carbonyl (C=O) groups is 1. The number of amides is 1. The Hall–Kier alpha value is -14.3. The first-order chi connectivity index (χ1) is 68.1. The number of nitrogens with zero attached hydrogens (tertiary/aromatic N) is 12. The van der Waals surface area contributed by atoms with E-state index >= 15 is 0 Å². The number of aliphatic hydroxyl groups excluding tert-OH is 4. The smallest absolute Gasteiger partial charge is 0.124 e. The Morgan fingerprint density at radius 1 is 0.372 bits per heavy atom. The van der Waals surface area contributed by atoms with Crippen molar-refractivity contribution in [2.45, 2.75) is 128 Å². The van der Waals surface area contributed by atoms with Gasteiger partial charge >= 0.3 is 0 Å². The summed E-state index contributed by atoms with van der Waals surface area (Å²) in [5.41, 5.74) is 27.7. The first-order valence-electron chi connectivity index (χ1n) is 47.1. The van der Waals surface area contributed by atoms with Crippen molar-refractivity contribution >= 4 is 53.5 Å². The third-order valence-corrected chi connectivity index (χ3v) is 23.3. The number of carbonyl (C=O) groups excluding carboxylic acids is 1. The van der Waals surface area contributed by atoms with Crippen molar-refractivity contribution in [3.05, 3.63) is 447 Å². The Labute approximate surface area is 906 Å². The van der Waals surface area contributed by atoms with E-state index in [-0.39, 0.29) is 140 Å². The van der Waals surface area contributed by atoms with Crippen molar-refractivity contribution in [3.8, 4) is 102 Å². The van der Waals surface area contributed by atoms with Crippen LogP contribution in [0.25, 0.3) is 138 Å². The van der Waals surface area contributed by atoms with Gasteiger partial charge < -0.3 is 50.7 Å². The number of aromatic nitrogens is 10. The molecular formula is C122H116Ir2N12O7Pt2-4. The molecule has 12 heterocycles. The zero-order chi connectivity index (χ0) is 100.0. The van der Waals surface area contributed by atoms with Gasteiger partial charge in [-0.05, 0) is 196 Å². The molecule has 18 rings (SSSR count). The summed E-state index contributed by atoms with van der Waals surface area (Å²) in [5, 5.41) is 65.2. The van der Waals surface area contributed by atoms with E-state index in [4.69, 9.17) is 9.98 Å². The van der Waals surface area contributed by atoms with E-state index in [2.05, 4.69) is 110 Å². The molecule has 2 aliphatic rings. The van der Waals surface area contributed by atoms with Gasteiger partial charge in [-0.15, -0.1) is 77.5 Å². The summed E-state index contributed by atoms with van der Waals surface area (Å²) in [7, 11) is 0. The molecule has 10 aromatic heterocycles. The number of hydrogen-bond donors (Lipinski definition) is 6. The van der Waals surface area contributed by atoms with Crippen LogP contribution in [0.1, 0.15) is 159 Å². The Bertz CT molecular complexity index is 6900. The number of allylic oxidation sites excluding steroid dienone is 4. The SMILES string of the molecule is CC(C)(C)C(O)=Cc1cccc(-c2cccc(C=C(O)C(C)(C)C)n2)n1.CCC1=C(C)C(C)=NC1=Cc1[n-]c(CC2[N-]C(=O)C(C)=C2CC)c(CC)c1CC.OC(=Cc1cccc(-c2cccc(C=C(O)c3ccccc3)n2)n1)c1ccccc1.Oc1ccccc1-c1cccc(-c2ccccn2)n1.Oc1ccccc1-c1cccc(-c2ccccn2)n1.[Ir].[Ir].[Pt].[Pt].[c-]1ccccc1-c1cccc(-c2[c-]cccc2)n1. The summed E-state index contributed by atoms with van der Waals surface area (Å²) < 4.78 is 0. The van der Waals surface area contributed by atoms with Crippen LogP contribution < -0.4 is 4.98 Å². The molecule has 2 radical (unpaired) electrons. The van der Waals surface area contributed by atoms with Gasteiger partial charge in [0.05, 0.1) is 103 Å². The molecule has 16 aromatic rings. The molecular weight excluding hydrogens is 2520 g/mol. The van der Waals surface area contributed by atoms with Gasteiger partial charge in [0, 0.05) is 158 Å². The molecule has 0 saturated heterocycles. The van der Waals surface area contributed by atoms with Gasteiger partial charge in [0.15, 0.2) is 0 Å². The quantitative estimate of drug-likeness (QED) is 0.0288. The van der Waals surface area contributed by atoms with Crippen molar-refractivity contribution in [1.29, 1.82) is 0 Å². The van der Waals surface area contributed by atoms with Gasteiger partial charge in [0.2, 0.25) is 0 Å². The number of pyridine rings is 9. The third-order valence-electron chi connectivity index (χ3n) is 23.3.